The Kier molecular flexibility index (Phi) is 5.03. The maximum Gasteiger partial charge on any atom is 0.295 e. The third-order valence-electron chi connectivity index (χ3n) is 5.09. The molecule has 3 aromatic rings. The summed E-state index contributed by atoms with van der Waals surface area (Å²) in [5.41, 5.74) is 3.15. The maximum atomic E-state index is 13.0. The molecular weight excluding hydrogens is 384 g/mol. The lowest BCUT2D eigenvalue weighted by Crippen LogP contribution is -2.28. The van der Waals surface area contributed by atoms with Crippen molar-refractivity contribution < 1.29 is 14.7 Å². The highest BCUT2D eigenvalue weighted by Crippen LogP contribution is 2.40. The Morgan fingerprint density at radius 2 is 2.00 bits per heavy atom. The van der Waals surface area contributed by atoms with Crippen molar-refractivity contribution >= 4 is 28.8 Å². The number of aliphatic hydroxyl groups is 1. The van der Waals surface area contributed by atoms with Crippen LogP contribution in [0.3, 0.4) is 0 Å². The van der Waals surface area contributed by atoms with Crippen LogP contribution in [-0.4, -0.2) is 26.7 Å². The van der Waals surface area contributed by atoms with Gasteiger partial charge in [0.05, 0.1) is 18.2 Å². The van der Waals surface area contributed by atoms with Gasteiger partial charge in [0.1, 0.15) is 5.76 Å². The highest BCUT2D eigenvalue weighted by atomic mass is 32.1. The molecule has 1 fully saturated rings. The van der Waals surface area contributed by atoms with E-state index in [-0.39, 0.29) is 11.3 Å². The summed E-state index contributed by atoms with van der Waals surface area (Å²) in [5, 5.41) is 13.1. The van der Waals surface area contributed by atoms with Crippen LogP contribution >= 0.6 is 11.3 Å². The van der Waals surface area contributed by atoms with Crippen LogP contribution in [0, 0.1) is 13.8 Å². The molecule has 29 heavy (non-hydrogen) atoms. The third-order valence-corrected chi connectivity index (χ3v) is 5.96. The predicted octanol–water partition coefficient (Wildman–Crippen LogP) is 4.38. The molecule has 1 atom stereocenters. The Balaban J connectivity index is 1.90. The summed E-state index contributed by atoms with van der Waals surface area (Å²) in [6, 6.07) is 12.4. The molecule has 1 aliphatic heterocycles. The van der Waals surface area contributed by atoms with Crippen molar-refractivity contribution in [1.82, 2.24) is 9.88 Å². The summed E-state index contributed by atoms with van der Waals surface area (Å²) in [5.74, 6) is -1.43. The first-order valence-corrected chi connectivity index (χ1v) is 10.1. The second-order valence-electron chi connectivity index (χ2n) is 7.11. The molecule has 0 radical (unpaired) electrons. The van der Waals surface area contributed by atoms with E-state index in [0.717, 1.165) is 16.0 Å². The van der Waals surface area contributed by atoms with Gasteiger partial charge in [-0.15, -0.1) is 11.3 Å². The van der Waals surface area contributed by atoms with Crippen LogP contribution < -0.4 is 0 Å². The Labute approximate surface area is 173 Å². The van der Waals surface area contributed by atoms with Gasteiger partial charge in [-0.3, -0.25) is 14.6 Å². The number of rotatable bonds is 4. The number of aliphatic hydroxyl groups excluding tert-OH is 1. The SMILES string of the molecule is Cc1ccc(C)c(/C(O)=C2\C(=O)C(=O)N(Cc3cccs3)C2c2cccnc2)c1. The van der Waals surface area contributed by atoms with Gasteiger partial charge in [-0.05, 0) is 48.6 Å². The number of hydrogen-bond acceptors (Lipinski definition) is 5. The third kappa shape index (κ3) is 3.47. The molecule has 1 aromatic carbocycles. The predicted molar refractivity (Wildman–Crippen MR) is 112 cm³/mol. The highest BCUT2D eigenvalue weighted by molar-refractivity contribution is 7.09. The summed E-state index contributed by atoms with van der Waals surface area (Å²) in [6.07, 6.45) is 3.27. The summed E-state index contributed by atoms with van der Waals surface area (Å²) in [6.45, 7) is 4.09. The van der Waals surface area contributed by atoms with E-state index in [1.165, 1.54) is 16.2 Å². The van der Waals surface area contributed by atoms with Gasteiger partial charge in [0, 0.05) is 22.8 Å². The van der Waals surface area contributed by atoms with Crippen molar-refractivity contribution in [3.8, 4) is 0 Å². The second-order valence-corrected chi connectivity index (χ2v) is 8.14. The van der Waals surface area contributed by atoms with E-state index in [9.17, 15) is 14.7 Å². The Morgan fingerprint density at radius 1 is 1.17 bits per heavy atom. The number of aryl methyl sites for hydroxylation is 2. The van der Waals surface area contributed by atoms with Gasteiger partial charge in [0.15, 0.2) is 0 Å². The smallest absolute Gasteiger partial charge is 0.295 e. The van der Waals surface area contributed by atoms with Crippen LogP contribution in [0.5, 0.6) is 0 Å². The van der Waals surface area contributed by atoms with Crippen LogP contribution in [0.1, 0.15) is 33.2 Å². The zero-order chi connectivity index (χ0) is 20.5. The number of pyridine rings is 1. The number of aromatic nitrogens is 1. The first kappa shape index (κ1) is 19.1. The Morgan fingerprint density at radius 3 is 2.69 bits per heavy atom. The van der Waals surface area contributed by atoms with E-state index in [0.29, 0.717) is 17.7 Å². The van der Waals surface area contributed by atoms with Gasteiger partial charge >= 0.3 is 0 Å². The minimum atomic E-state index is -0.689. The quantitative estimate of drug-likeness (QED) is 0.398. The number of Topliss-reactive ketones (excluding diaryl/α,β-unsaturated/α-hetero) is 1. The molecule has 3 heterocycles. The van der Waals surface area contributed by atoms with Crippen LogP contribution in [0.2, 0.25) is 0 Å². The molecule has 0 spiro atoms. The molecule has 4 rings (SSSR count). The fraction of sp³-hybridized carbons (Fsp3) is 0.174. The number of likely N-dealkylation sites (tertiary alicyclic amines) is 1. The average molecular weight is 404 g/mol. The van der Waals surface area contributed by atoms with Crippen molar-refractivity contribution in [1.29, 1.82) is 0 Å². The first-order chi connectivity index (χ1) is 14.0. The molecule has 146 valence electrons. The molecule has 2 aromatic heterocycles. The van der Waals surface area contributed by atoms with Gasteiger partial charge in [-0.1, -0.05) is 29.8 Å². The lowest BCUT2D eigenvalue weighted by Gasteiger charge is -2.24. The monoisotopic (exact) mass is 404 g/mol. The van der Waals surface area contributed by atoms with E-state index in [4.69, 9.17) is 0 Å². The van der Waals surface area contributed by atoms with Gasteiger partial charge in [-0.25, -0.2) is 0 Å². The van der Waals surface area contributed by atoms with Crippen molar-refractivity contribution in [3.63, 3.8) is 0 Å². The van der Waals surface area contributed by atoms with E-state index < -0.39 is 17.7 Å². The van der Waals surface area contributed by atoms with E-state index in [2.05, 4.69) is 4.98 Å². The van der Waals surface area contributed by atoms with Crippen molar-refractivity contribution in [2.75, 3.05) is 0 Å². The van der Waals surface area contributed by atoms with Gasteiger partial charge in [0.25, 0.3) is 11.7 Å². The van der Waals surface area contributed by atoms with Crippen LogP contribution in [-0.2, 0) is 16.1 Å². The number of thiophene rings is 1. The number of carbonyl (C=O) groups excluding carboxylic acids is 2. The molecule has 1 saturated heterocycles. The minimum absolute atomic E-state index is 0.105. The lowest BCUT2D eigenvalue weighted by atomic mass is 9.94. The summed E-state index contributed by atoms with van der Waals surface area (Å²) in [4.78, 5) is 32.6. The largest absolute Gasteiger partial charge is 0.507 e. The number of amides is 1. The van der Waals surface area contributed by atoms with Crippen LogP contribution in [0.25, 0.3) is 5.76 Å². The Hall–Kier alpha value is -3.25. The molecule has 1 amide bonds. The van der Waals surface area contributed by atoms with Crippen LogP contribution in [0.15, 0.2) is 65.8 Å². The maximum absolute atomic E-state index is 13.0. The molecular formula is C23H20N2O3S. The summed E-state index contributed by atoms with van der Waals surface area (Å²) in [7, 11) is 0. The van der Waals surface area contributed by atoms with Gasteiger partial charge < -0.3 is 10.0 Å². The van der Waals surface area contributed by atoms with Crippen molar-refractivity contribution in [3.05, 3.63) is 92.9 Å². The van der Waals surface area contributed by atoms with Gasteiger partial charge in [0.2, 0.25) is 0 Å². The number of hydrogen-bond donors (Lipinski definition) is 1. The summed E-state index contributed by atoms with van der Waals surface area (Å²) >= 11 is 1.52. The molecule has 6 heteroatoms. The zero-order valence-electron chi connectivity index (χ0n) is 16.1. The van der Waals surface area contributed by atoms with Crippen molar-refractivity contribution in [2.45, 2.75) is 26.4 Å². The van der Waals surface area contributed by atoms with E-state index in [1.54, 1.807) is 18.5 Å². The minimum Gasteiger partial charge on any atom is -0.507 e. The standard InChI is InChI=1S/C23H20N2O3S/c1-14-7-8-15(2)18(11-14)21(26)19-20(16-5-3-9-24-12-16)25(23(28)22(19)27)13-17-6-4-10-29-17/h3-12,20,26H,13H2,1-2H3/b21-19+. The van der Waals surface area contributed by atoms with E-state index in [1.807, 2.05) is 55.6 Å². The second kappa shape index (κ2) is 7.64. The molecule has 1 N–H and O–H groups in total. The lowest BCUT2D eigenvalue weighted by molar-refractivity contribution is -0.140. The number of nitrogens with zero attached hydrogens (tertiary/aromatic N) is 2. The topological polar surface area (TPSA) is 70.5 Å². The van der Waals surface area contributed by atoms with E-state index >= 15 is 0 Å². The number of ketones is 1. The number of carbonyl (C=O) groups is 2. The van der Waals surface area contributed by atoms with Gasteiger partial charge in [-0.2, -0.15) is 0 Å². The molecule has 0 saturated carbocycles. The molecule has 0 bridgehead atoms. The molecule has 5 nitrogen and oxygen atoms in total. The summed E-state index contributed by atoms with van der Waals surface area (Å²) < 4.78 is 0. The fourth-order valence-corrected chi connectivity index (χ4v) is 4.34. The first-order valence-electron chi connectivity index (χ1n) is 9.25. The molecule has 0 aliphatic carbocycles. The average Bonchev–Trinajstić information content (AvgIpc) is 3.32. The number of benzene rings is 1. The normalized spacial score (nSPS) is 18.4. The highest BCUT2D eigenvalue weighted by Gasteiger charge is 2.46. The molecule has 1 unspecified atom stereocenters. The molecule has 1 aliphatic rings. The fourth-order valence-electron chi connectivity index (χ4n) is 3.63. The zero-order valence-corrected chi connectivity index (χ0v) is 16.9. The van der Waals surface area contributed by atoms with Crippen LogP contribution in [0.4, 0.5) is 0 Å². The Bertz CT molecular complexity index is 1100. The van der Waals surface area contributed by atoms with Crippen molar-refractivity contribution in [2.24, 2.45) is 0 Å².